The monoisotopic (exact) mass is 393 g/mol. The number of methoxy groups -OCH3 is 1. The highest BCUT2D eigenvalue weighted by Crippen LogP contribution is 2.23. The van der Waals surface area contributed by atoms with Gasteiger partial charge in [-0.1, -0.05) is 12.1 Å². The standard InChI is InChI=1S/C22H23N3O4/c1-28-19-7-8-20(26)17(12-19)13-24-11-10-15-2-5-18(6-3-15)29-21-9-4-16(14-25-21)22(23)27/h2-9,12,14,24,26H,10-11,13H2,1H3,(H2,23,27). The molecule has 1 heterocycles. The van der Waals surface area contributed by atoms with Crippen molar-refractivity contribution in [3.05, 3.63) is 77.5 Å². The molecule has 1 amide bonds. The summed E-state index contributed by atoms with van der Waals surface area (Å²) in [4.78, 5) is 15.1. The van der Waals surface area contributed by atoms with Crippen LogP contribution in [0.15, 0.2) is 60.8 Å². The molecule has 3 aromatic rings. The summed E-state index contributed by atoms with van der Waals surface area (Å²) in [5, 5.41) is 13.2. The van der Waals surface area contributed by atoms with Crippen molar-refractivity contribution in [2.75, 3.05) is 13.7 Å². The van der Waals surface area contributed by atoms with Crippen LogP contribution in [-0.4, -0.2) is 29.7 Å². The maximum absolute atomic E-state index is 11.1. The SMILES string of the molecule is COc1ccc(O)c(CNCCc2ccc(Oc3ccc(C(N)=O)cn3)cc2)c1. The number of amides is 1. The van der Waals surface area contributed by atoms with Gasteiger partial charge in [0.15, 0.2) is 0 Å². The van der Waals surface area contributed by atoms with E-state index in [2.05, 4.69) is 10.3 Å². The number of primary amides is 1. The molecule has 0 atom stereocenters. The number of aromatic nitrogens is 1. The fraction of sp³-hybridized carbons (Fsp3) is 0.182. The quantitative estimate of drug-likeness (QED) is 0.483. The number of rotatable bonds is 9. The summed E-state index contributed by atoms with van der Waals surface area (Å²) in [5.41, 5.74) is 7.47. The summed E-state index contributed by atoms with van der Waals surface area (Å²) in [6.45, 7) is 1.31. The van der Waals surface area contributed by atoms with Crippen LogP contribution in [-0.2, 0) is 13.0 Å². The van der Waals surface area contributed by atoms with Crippen molar-refractivity contribution in [3.63, 3.8) is 0 Å². The van der Waals surface area contributed by atoms with Crippen LogP contribution in [0.3, 0.4) is 0 Å². The molecule has 2 aromatic carbocycles. The number of aromatic hydroxyl groups is 1. The summed E-state index contributed by atoms with van der Waals surface area (Å²) in [7, 11) is 1.60. The molecule has 7 heteroatoms. The second-order valence-electron chi connectivity index (χ2n) is 6.42. The van der Waals surface area contributed by atoms with Gasteiger partial charge >= 0.3 is 0 Å². The van der Waals surface area contributed by atoms with Gasteiger partial charge in [0.25, 0.3) is 0 Å². The van der Waals surface area contributed by atoms with E-state index in [1.165, 1.54) is 6.20 Å². The molecule has 0 spiro atoms. The van der Waals surface area contributed by atoms with Crippen LogP contribution in [0.5, 0.6) is 23.1 Å². The van der Waals surface area contributed by atoms with E-state index in [0.29, 0.717) is 29.5 Å². The maximum Gasteiger partial charge on any atom is 0.250 e. The number of nitrogens with two attached hydrogens (primary N) is 1. The molecule has 7 nitrogen and oxygen atoms in total. The summed E-state index contributed by atoms with van der Waals surface area (Å²) < 4.78 is 10.8. The number of phenols is 1. The molecule has 1 aromatic heterocycles. The van der Waals surface area contributed by atoms with E-state index < -0.39 is 5.91 Å². The van der Waals surface area contributed by atoms with Crippen molar-refractivity contribution < 1.29 is 19.4 Å². The molecule has 0 saturated carbocycles. The van der Waals surface area contributed by atoms with Crippen molar-refractivity contribution >= 4 is 5.91 Å². The Labute approximate surface area is 169 Å². The van der Waals surface area contributed by atoms with Crippen LogP contribution in [0.25, 0.3) is 0 Å². The van der Waals surface area contributed by atoms with Crippen molar-refractivity contribution in [3.8, 4) is 23.1 Å². The van der Waals surface area contributed by atoms with Gasteiger partial charge < -0.3 is 25.6 Å². The van der Waals surface area contributed by atoms with Crippen LogP contribution >= 0.6 is 0 Å². The van der Waals surface area contributed by atoms with Gasteiger partial charge in [0.05, 0.1) is 12.7 Å². The summed E-state index contributed by atoms with van der Waals surface area (Å²) in [6.07, 6.45) is 2.22. The highest BCUT2D eigenvalue weighted by Gasteiger charge is 2.05. The van der Waals surface area contributed by atoms with E-state index >= 15 is 0 Å². The Morgan fingerprint density at radius 3 is 2.52 bits per heavy atom. The Morgan fingerprint density at radius 1 is 1.10 bits per heavy atom. The predicted octanol–water partition coefficient (Wildman–Crippen LogP) is 3.02. The minimum atomic E-state index is -0.524. The molecule has 4 N–H and O–H groups in total. The van der Waals surface area contributed by atoms with Gasteiger partial charge in [0, 0.05) is 24.4 Å². The number of nitrogens with one attached hydrogen (secondary N) is 1. The van der Waals surface area contributed by atoms with Gasteiger partial charge in [-0.15, -0.1) is 0 Å². The smallest absolute Gasteiger partial charge is 0.250 e. The molecule has 29 heavy (non-hydrogen) atoms. The second-order valence-corrected chi connectivity index (χ2v) is 6.42. The molecule has 0 fully saturated rings. The van der Waals surface area contributed by atoms with Gasteiger partial charge in [-0.25, -0.2) is 4.98 Å². The first kappa shape index (κ1) is 20.2. The summed E-state index contributed by atoms with van der Waals surface area (Å²) in [6, 6.07) is 16.1. The Kier molecular flexibility index (Phi) is 6.65. The van der Waals surface area contributed by atoms with E-state index in [4.69, 9.17) is 15.2 Å². The van der Waals surface area contributed by atoms with Crippen LogP contribution in [0.1, 0.15) is 21.5 Å². The summed E-state index contributed by atoms with van der Waals surface area (Å²) >= 11 is 0. The van der Waals surface area contributed by atoms with Gasteiger partial charge in [0.1, 0.15) is 17.2 Å². The zero-order valence-corrected chi connectivity index (χ0v) is 16.1. The van der Waals surface area contributed by atoms with E-state index in [9.17, 15) is 9.90 Å². The van der Waals surface area contributed by atoms with Crippen molar-refractivity contribution in [1.29, 1.82) is 0 Å². The zero-order valence-electron chi connectivity index (χ0n) is 16.1. The third-order valence-corrected chi connectivity index (χ3v) is 4.36. The number of benzene rings is 2. The maximum atomic E-state index is 11.1. The number of pyridine rings is 1. The van der Waals surface area contributed by atoms with Crippen LogP contribution in [0, 0.1) is 0 Å². The Balaban J connectivity index is 1.47. The van der Waals surface area contributed by atoms with Gasteiger partial charge in [-0.05, 0) is 54.9 Å². The van der Waals surface area contributed by atoms with Crippen molar-refractivity contribution in [2.24, 2.45) is 5.73 Å². The number of hydrogen-bond donors (Lipinski definition) is 3. The van der Waals surface area contributed by atoms with Crippen molar-refractivity contribution in [1.82, 2.24) is 10.3 Å². The van der Waals surface area contributed by atoms with Gasteiger partial charge in [0.2, 0.25) is 11.8 Å². The number of carbonyl (C=O) groups is 1. The molecular formula is C22H23N3O4. The average molecular weight is 393 g/mol. The predicted molar refractivity (Wildman–Crippen MR) is 109 cm³/mol. The molecule has 0 unspecified atom stereocenters. The third-order valence-electron chi connectivity index (χ3n) is 4.36. The molecule has 0 aliphatic carbocycles. The summed E-state index contributed by atoms with van der Waals surface area (Å²) in [5.74, 6) is 1.49. The first-order valence-electron chi connectivity index (χ1n) is 9.14. The lowest BCUT2D eigenvalue weighted by Gasteiger charge is -2.09. The second kappa shape index (κ2) is 9.57. The zero-order chi connectivity index (χ0) is 20.6. The van der Waals surface area contributed by atoms with E-state index in [-0.39, 0.29) is 5.75 Å². The third kappa shape index (κ3) is 5.70. The number of nitrogens with zero attached hydrogens (tertiary/aromatic N) is 1. The topological polar surface area (TPSA) is 107 Å². The van der Waals surface area contributed by atoms with Crippen LogP contribution in [0.4, 0.5) is 0 Å². The molecule has 0 aliphatic rings. The largest absolute Gasteiger partial charge is 0.508 e. The molecule has 150 valence electrons. The van der Waals surface area contributed by atoms with E-state index in [1.54, 1.807) is 31.4 Å². The molecule has 0 radical (unpaired) electrons. The molecule has 3 rings (SSSR count). The number of phenolic OH excluding ortho intramolecular Hbond substituents is 1. The van der Waals surface area contributed by atoms with E-state index in [1.807, 2.05) is 30.3 Å². The fourth-order valence-corrected chi connectivity index (χ4v) is 2.72. The number of hydrogen-bond acceptors (Lipinski definition) is 6. The Bertz CT molecular complexity index is 957. The van der Waals surface area contributed by atoms with Gasteiger partial charge in [-0.3, -0.25) is 4.79 Å². The Morgan fingerprint density at radius 2 is 1.86 bits per heavy atom. The lowest BCUT2D eigenvalue weighted by atomic mass is 10.1. The Hall–Kier alpha value is -3.58. The van der Waals surface area contributed by atoms with E-state index in [0.717, 1.165) is 24.1 Å². The molecule has 0 bridgehead atoms. The minimum Gasteiger partial charge on any atom is -0.508 e. The highest BCUT2D eigenvalue weighted by molar-refractivity contribution is 5.92. The molecule has 0 saturated heterocycles. The molecular weight excluding hydrogens is 370 g/mol. The molecule has 0 aliphatic heterocycles. The lowest BCUT2D eigenvalue weighted by Crippen LogP contribution is -2.16. The lowest BCUT2D eigenvalue weighted by molar-refractivity contribution is 0.1000. The van der Waals surface area contributed by atoms with Crippen molar-refractivity contribution in [2.45, 2.75) is 13.0 Å². The van der Waals surface area contributed by atoms with Gasteiger partial charge in [-0.2, -0.15) is 0 Å². The number of ether oxygens (including phenoxy) is 2. The van der Waals surface area contributed by atoms with Crippen LogP contribution < -0.4 is 20.5 Å². The number of carbonyl (C=O) groups excluding carboxylic acids is 1. The normalized spacial score (nSPS) is 10.5. The first-order chi connectivity index (χ1) is 14.0. The van der Waals surface area contributed by atoms with Crippen LogP contribution in [0.2, 0.25) is 0 Å². The fourth-order valence-electron chi connectivity index (χ4n) is 2.72. The average Bonchev–Trinajstić information content (AvgIpc) is 2.74. The minimum absolute atomic E-state index is 0.247. The highest BCUT2D eigenvalue weighted by atomic mass is 16.5. The first-order valence-corrected chi connectivity index (χ1v) is 9.14.